The molecule has 12 nitrogen and oxygen atoms in total. The summed E-state index contributed by atoms with van der Waals surface area (Å²) in [6.45, 7) is -0.106. The van der Waals surface area contributed by atoms with E-state index in [2.05, 4.69) is 0 Å². The Bertz CT molecular complexity index is 1660. The van der Waals surface area contributed by atoms with Gasteiger partial charge in [-0.2, -0.15) is 17.5 Å². The molecule has 2 heterocycles. The van der Waals surface area contributed by atoms with Crippen LogP contribution in [-0.4, -0.2) is 71.7 Å². The number of hydrogen-bond acceptors (Lipinski definition) is 8. The zero-order valence-corrected chi connectivity index (χ0v) is 23.8. The lowest BCUT2D eigenvalue weighted by Gasteiger charge is -2.26. The van der Waals surface area contributed by atoms with Crippen LogP contribution < -0.4 is 17.2 Å². The van der Waals surface area contributed by atoms with Crippen LogP contribution in [0.15, 0.2) is 46.7 Å². The van der Waals surface area contributed by atoms with Crippen molar-refractivity contribution in [2.24, 2.45) is 11.5 Å². The Morgan fingerprint density at radius 1 is 1.19 bits per heavy atom. The number of halogens is 4. The number of fused-ring (bicyclic) bond motifs is 1. The molecule has 0 saturated carbocycles. The van der Waals surface area contributed by atoms with E-state index >= 15 is 0 Å². The highest BCUT2D eigenvalue weighted by Gasteiger charge is 2.42. The van der Waals surface area contributed by atoms with Crippen molar-refractivity contribution in [3.05, 3.63) is 57.2 Å². The monoisotopic (exact) mass is 648 g/mol. The van der Waals surface area contributed by atoms with Crippen LogP contribution in [0.25, 0.3) is 10.8 Å². The first kappa shape index (κ1) is 32.6. The van der Waals surface area contributed by atoms with Crippen molar-refractivity contribution in [1.29, 1.82) is 5.41 Å². The van der Waals surface area contributed by atoms with Gasteiger partial charge in [0.05, 0.1) is 27.0 Å². The molecule has 18 heteroatoms. The van der Waals surface area contributed by atoms with E-state index in [1.807, 2.05) is 0 Å². The zero-order valence-electron chi connectivity index (χ0n) is 21.4. The highest BCUT2D eigenvalue weighted by molar-refractivity contribution is 7.89. The lowest BCUT2D eigenvalue weighted by atomic mass is 10.1. The standard InChI is InChI=1S/C22H23ClN6O4S2.C2HF3O2/c23-20-15-3-2-14(8-13(15)1-4-16(20)24)35(32,33)29(10-19(25)30)17-5-6-28(22(17)31)9-12-7-18(21(26)27)34-11-12;3-2(4,5)1(6)7/h1-4,7-8,11,17H,5-6,9-10,24H2,(H2,25,30)(H3,26,27);(H,6,7)/t17-;/m0./s1. The number of rotatable bonds is 8. The number of nitrogens with one attached hydrogen (secondary N) is 1. The Morgan fingerprint density at radius 2 is 1.83 bits per heavy atom. The van der Waals surface area contributed by atoms with E-state index in [0.29, 0.717) is 32.9 Å². The molecule has 4 rings (SSSR count). The van der Waals surface area contributed by atoms with Crippen molar-refractivity contribution < 1.29 is 41.1 Å². The highest BCUT2D eigenvalue weighted by atomic mass is 35.5. The molecule has 8 N–H and O–H groups in total. The first-order valence-electron chi connectivity index (χ1n) is 11.7. The summed E-state index contributed by atoms with van der Waals surface area (Å²) in [7, 11) is -4.26. The summed E-state index contributed by atoms with van der Waals surface area (Å²) in [4.78, 5) is 35.9. The van der Waals surface area contributed by atoms with E-state index in [-0.39, 0.29) is 23.7 Å². The largest absolute Gasteiger partial charge is 0.490 e. The van der Waals surface area contributed by atoms with E-state index in [4.69, 9.17) is 44.1 Å². The Hall–Kier alpha value is -3.93. The van der Waals surface area contributed by atoms with Gasteiger partial charge in [0.2, 0.25) is 21.8 Å². The molecule has 0 bridgehead atoms. The minimum Gasteiger partial charge on any atom is -0.475 e. The molecule has 1 aliphatic rings. The van der Waals surface area contributed by atoms with E-state index < -0.39 is 46.6 Å². The van der Waals surface area contributed by atoms with Gasteiger partial charge in [-0.1, -0.05) is 23.7 Å². The molecule has 1 saturated heterocycles. The predicted octanol–water partition coefficient (Wildman–Crippen LogP) is 2.33. The summed E-state index contributed by atoms with van der Waals surface area (Å²) in [5, 5.41) is 17.9. The number of amides is 2. The number of carboxylic acids is 1. The molecule has 1 atom stereocenters. The number of carbonyl (C=O) groups excluding carboxylic acids is 2. The highest BCUT2D eigenvalue weighted by Crippen LogP contribution is 2.32. The first-order valence-corrected chi connectivity index (χ1v) is 14.4. The summed E-state index contributed by atoms with van der Waals surface area (Å²) < 4.78 is 59.8. The van der Waals surface area contributed by atoms with E-state index in [9.17, 15) is 31.2 Å². The second-order valence-electron chi connectivity index (χ2n) is 8.97. The normalized spacial score (nSPS) is 15.5. The first-order chi connectivity index (χ1) is 19.4. The third kappa shape index (κ3) is 7.28. The molecule has 42 heavy (non-hydrogen) atoms. The number of anilines is 1. The number of nitrogens with zero attached hydrogens (tertiary/aromatic N) is 2. The van der Waals surface area contributed by atoms with Crippen molar-refractivity contribution >= 4 is 73.0 Å². The molecular formula is C24H24ClF3N6O6S2. The van der Waals surface area contributed by atoms with Gasteiger partial charge >= 0.3 is 12.1 Å². The second-order valence-corrected chi connectivity index (χ2v) is 12.1. The number of aliphatic carboxylic acids is 1. The fraction of sp³-hybridized carbons (Fsp3) is 0.250. The molecule has 0 radical (unpaired) electrons. The van der Waals surface area contributed by atoms with Crippen LogP contribution in [0.1, 0.15) is 16.9 Å². The molecule has 0 unspecified atom stereocenters. The number of nitrogen functional groups attached to an aromatic ring is 2. The fourth-order valence-electron chi connectivity index (χ4n) is 4.07. The number of alkyl halides is 3. The third-order valence-corrected chi connectivity index (χ3v) is 9.31. The molecule has 1 fully saturated rings. The lowest BCUT2D eigenvalue weighted by molar-refractivity contribution is -0.192. The topological polar surface area (TPSA) is 214 Å². The fourth-order valence-corrected chi connectivity index (χ4v) is 6.68. The molecule has 2 amide bonds. The summed E-state index contributed by atoms with van der Waals surface area (Å²) in [5.41, 5.74) is 17.8. The quantitative estimate of drug-likeness (QED) is 0.138. The lowest BCUT2D eigenvalue weighted by Crippen LogP contribution is -2.48. The van der Waals surface area contributed by atoms with E-state index in [1.165, 1.54) is 34.4 Å². The number of hydrogen-bond donors (Lipinski definition) is 5. The number of benzene rings is 2. The number of primary amides is 1. The van der Waals surface area contributed by atoms with Crippen molar-refractivity contribution in [1.82, 2.24) is 9.21 Å². The average Bonchev–Trinajstić information content (AvgIpc) is 3.51. The van der Waals surface area contributed by atoms with Gasteiger partial charge in [-0.15, -0.1) is 11.3 Å². The summed E-state index contributed by atoms with van der Waals surface area (Å²) in [6, 6.07) is 8.19. The minimum absolute atomic E-state index is 0.0649. The number of thiophene rings is 1. The van der Waals surface area contributed by atoms with Crippen molar-refractivity contribution in [3.63, 3.8) is 0 Å². The number of amidine groups is 1. The van der Waals surface area contributed by atoms with Crippen LogP contribution in [0.3, 0.4) is 0 Å². The maximum absolute atomic E-state index is 13.6. The van der Waals surface area contributed by atoms with Gasteiger partial charge in [-0.3, -0.25) is 15.0 Å². The molecule has 1 aromatic heterocycles. The predicted molar refractivity (Wildman–Crippen MR) is 149 cm³/mol. The van der Waals surface area contributed by atoms with Gasteiger partial charge in [0.25, 0.3) is 0 Å². The van der Waals surface area contributed by atoms with Crippen LogP contribution in [-0.2, 0) is 31.0 Å². The van der Waals surface area contributed by atoms with Gasteiger partial charge < -0.3 is 27.2 Å². The molecule has 0 aliphatic carbocycles. The second kappa shape index (κ2) is 12.5. The Morgan fingerprint density at radius 3 is 2.38 bits per heavy atom. The van der Waals surface area contributed by atoms with Gasteiger partial charge in [-0.25, -0.2) is 13.2 Å². The number of sulfonamides is 1. The van der Waals surface area contributed by atoms with Crippen LogP contribution in [0.4, 0.5) is 18.9 Å². The SMILES string of the molecule is N=C(N)c1cc(CN2CC[C@H](N(CC(N)=O)S(=O)(=O)c3ccc4c(Cl)c(N)ccc4c3)C2=O)cs1.O=C(O)C(F)(F)F. The third-order valence-electron chi connectivity index (χ3n) is 6.03. The molecule has 3 aromatic rings. The molecule has 226 valence electrons. The molecule has 0 spiro atoms. The van der Waals surface area contributed by atoms with Crippen molar-refractivity contribution in [3.8, 4) is 0 Å². The van der Waals surface area contributed by atoms with Crippen molar-refractivity contribution in [2.75, 3.05) is 18.8 Å². The summed E-state index contributed by atoms with van der Waals surface area (Å²) in [6.07, 6.45) is -4.88. The van der Waals surface area contributed by atoms with E-state index in [0.717, 1.165) is 9.87 Å². The van der Waals surface area contributed by atoms with Gasteiger partial charge in [0, 0.05) is 18.5 Å². The summed E-state index contributed by atoms with van der Waals surface area (Å²) in [5.74, 6) is -4.13. The zero-order chi connectivity index (χ0) is 31.6. The summed E-state index contributed by atoms with van der Waals surface area (Å²) >= 11 is 7.52. The Kier molecular flexibility index (Phi) is 9.71. The number of carboxylic acid groups (broad SMARTS) is 1. The number of carbonyl (C=O) groups is 3. The van der Waals surface area contributed by atoms with Gasteiger partial charge in [0.15, 0.2) is 0 Å². The Labute approximate surface area is 246 Å². The Balaban J connectivity index is 0.000000616. The maximum Gasteiger partial charge on any atom is 0.490 e. The smallest absolute Gasteiger partial charge is 0.475 e. The van der Waals surface area contributed by atoms with Gasteiger partial charge in [-0.05, 0) is 47.0 Å². The molecular weight excluding hydrogens is 625 g/mol. The van der Waals surface area contributed by atoms with Crippen LogP contribution in [0, 0.1) is 5.41 Å². The average molecular weight is 649 g/mol. The minimum atomic E-state index is -5.08. The molecule has 2 aromatic carbocycles. The van der Waals surface area contributed by atoms with Gasteiger partial charge in [0.1, 0.15) is 11.9 Å². The number of likely N-dealkylation sites (tertiary alicyclic amines) is 1. The van der Waals surface area contributed by atoms with Crippen LogP contribution in [0.5, 0.6) is 0 Å². The van der Waals surface area contributed by atoms with Crippen LogP contribution >= 0.6 is 22.9 Å². The van der Waals surface area contributed by atoms with Crippen LogP contribution in [0.2, 0.25) is 5.02 Å². The van der Waals surface area contributed by atoms with Crippen molar-refractivity contribution in [2.45, 2.75) is 30.1 Å². The molecule has 1 aliphatic heterocycles. The maximum atomic E-state index is 13.6. The number of nitrogens with two attached hydrogens (primary N) is 3. The van der Waals surface area contributed by atoms with E-state index in [1.54, 1.807) is 23.6 Å².